The van der Waals surface area contributed by atoms with Crippen molar-refractivity contribution >= 4 is 23.2 Å². The molecule has 1 aliphatic rings. The number of carbonyl (C=O) groups excluding carboxylic acids is 1. The molecule has 2 heterocycles. The number of rotatable bonds is 6. The third-order valence-corrected chi connectivity index (χ3v) is 4.46. The molecule has 0 radical (unpaired) electrons. The second kappa shape index (κ2) is 7.53. The van der Waals surface area contributed by atoms with Gasteiger partial charge in [0, 0.05) is 20.2 Å². The van der Waals surface area contributed by atoms with E-state index in [1.54, 1.807) is 18.1 Å². The molecule has 1 fully saturated rings. The number of aromatic carboxylic acids is 1. The summed E-state index contributed by atoms with van der Waals surface area (Å²) in [6.07, 6.45) is 1.77. The van der Waals surface area contributed by atoms with Crippen molar-refractivity contribution in [3.05, 3.63) is 21.9 Å². The fourth-order valence-electron chi connectivity index (χ4n) is 2.25. The van der Waals surface area contributed by atoms with Crippen LogP contribution in [0.25, 0.3) is 0 Å². The highest BCUT2D eigenvalue weighted by molar-refractivity contribution is 7.15. The second-order valence-corrected chi connectivity index (χ2v) is 5.91. The van der Waals surface area contributed by atoms with E-state index < -0.39 is 5.97 Å². The summed E-state index contributed by atoms with van der Waals surface area (Å²) in [6.45, 7) is 2.42. The first-order valence-corrected chi connectivity index (χ1v) is 7.66. The molecule has 1 aliphatic heterocycles. The van der Waals surface area contributed by atoms with E-state index in [-0.39, 0.29) is 16.9 Å². The lowest BCUT2D eigenvalue weighted by molar-refractivity contribution is -0.0122. The van der Waals surface area contributed by atoms with Crippen molar-refractivity contribution in [2.45, 2.75) is 18.9 Å². The summed E-state index contributed by atoms with van der Waals surface area (Å²) in [5.41, 5.74) is 0. The van der Waals surface area contributed by atoms with Gasteiger partial charge in [-0.25, -0.2) is 4.79 Å². The zero-order valence-electron chi connectivity index (χ0n) is 11.9. The average Bonchev–Trinajstić information content (AvgIpc) is 2.97. The molecule has 1 aromatic rings. The molecule has 0 bridgehead atoms. The number of hydrogen-bond acceptors (Lipinski definition) is 5. The lowest BCUT2D eigenvalue weighted by Gasteiger charge is -2.31. The van der Waals surface area contributed by atoms with Crippen LogP contribution in [0.15, 0.2) is 12.1 Å². The molecule has 1 N–H and O–H groups in total. The molecular weight excluding hydrogens is 294 g/mol. The van der Waals surface area contributed by atoms with Crippen LogP contribution in [-0.4, -0.2) is 61.4 Å². The number of methoxy groups -OCH3 is 1. The summed E-state index contributed by atoms with van der Waals surface area (Å²) in [4.78, 5) is 25.6. The number of thiophene rings is 1. The predicted molar refractivity (Wildman–Crippen MR) is 78.0 cm³/mol. The molecule has 0 spiro atoms. The van der Waals surface area contributed by atoms with Crippen LogP contribution in [0, 0.1) is 0 Å². The van der Waals surface area contributed by atoms with Gasteiger partial charge in [0.05, 0.1) is 24.2 Å². The fraction of sp³-hybridized carbons (Fsp3) is 0.571. The molecule has 2 rings (SSSR count). The number of likely N-dealkylation sites (tertiary alicyclic amines) is 1. The molecule has 0 saturated carbocycles. The molecule has 0 aliphatic carbocycles. The normalized spacial score (nSPS) is 16.1. The van der Waals surface area contributed by atoms with Crippen molar-refractivity contribution in [3.8, 4) is 0 Å². The predicted octanol–water partition coefficient (Wildman–Crippen LogP) is 1.71. The molecule has 7 heteroatoms. The lowest BCUT2D eigenvalue weighted by atomic mass is 10.1. The summed E-state index contributed by atoms with van der Waals surface area (Å²) < 4.78 is 10.6. The van der Waals surface area contributed by atoms with E-state index in [0.29, 0.717) is 31.2 Å². The highest BCUT2D eigenvalue weighted by atomic mass is 32.1. The van der Waals surface area contributed by atoms with E-state index in [1.165, 1.54) is 6.07 Å². The van der Waals surface area contributed by atoms with Gasteiger partial charge < -0.3 is 19.5 Å². The van der Waals surface area contributed by atoms with E-state index in [2.05, 4.69) is 0 Å². The van der Waals surface area contributed by atoms with Gasteiger partial charge in [-0.15, -0.1) is 11.3 Å². The van der Waals surface area contributed by atoms with E-state index in [1.807, 2.05) is 0 Å². The Kier molecular flexibility index (Phi) is 5.72. The molecule has 0 aromatic carbocycles. The Morgan fingerprint density at radius 3 is 2.52 bits per heavy atom. The van der Waals surface area contributed by atoms with Crippen LogP contribution in [0.1, 0.15) is 32.2 Å². The van der Waals surface area contributed by atoms with Crippen molar-refractivity contribution in [3.63, 3.8) is 0 Å². The minimum Gasteiger partial charge on any atom is -0.477 e. The zero-order valence-corrected chi connectivity index (χ0v) is 12.7. The standard InChI is InChI=1S/C14H19NO5S/c1-19-8-9-20-10-4-6-15(7-5-10)13(16)11-2-3-12(21-11)14(17)18/h2-3,10H,4-9H2,1H3,(H,17,18). The molecule has 1 amide bonds. The zero-order chi connectivity index (χ0) is 15.2. The van der Waals surface area contributed by atoms with Crippen LogP contribution < -0.4 is 0 Å². The fourth-order valence-corrected chi connectivity index (χ4v) is 3.06. The Morgan fingerprint density at radius 2 is 1.95 bits per heavy atom. The van der Waals surface area contributed by atoms with Gasteiger partial charge in [-0.2, -0.15) is 0 Å². The first kappa shape index (κ1) is 15.9. The highest BCUT2D eigenvalue weighted by Crippen LogP contribution is 2.21. The Hall–Kier alpha value is -1.44. The first-order chi connectivity index (χ1) is 10.1. The maximum Gasteiger partial charge on any atom is 0.345 e. The van der Waals surface area contributed by atoms with Crippen LogP contribution in [0.2, 0.25) is 0 Å². The molecule has 116 valence electrons. The lowest BCUT2D eigenvalue weighted by Crippen LogP contribution is -2.40. The van der Waals surface area contributed by atoms with Gasteiger partial charge in [-0.1, -0.05) is 0 Å². The smallest absolute Gasteiger partial charge is 0.345 e. The van der Waals surface area contributed by atoms with Gasteiger partial charge in [-0.05, 0) is 25.0 Å². The number of nitrogens with zero attached hydrogens (tertiary/aromatic N) is 1. The third kappa shape index (κ3) is 4.26. The van der Waals surface area contributed by atoms with Gasteiger partial charge in [-0.3, -0.25) is 4.79 Å². The molecule has 1 saturated heterocycles. The molecule has 21 heavy (non-hydrogen) atoms. The van der Waals surface area contributed by atoms with E-state index >= 15 is 0 Å². The van der Waals surface area contributed by atoms with Gasteiger partial charge in [0.2, 0.25) is 0 Å². The van der Waals surface area contributed by atoms with E-state index in [0.717, 1.165) is 24.2 Å². The second-order valence-electron chi connectivity index (χ2n) is 4.82. The van der Waals surface area contributed by atoms with Crippen LogP contribution in [0.5, 0.6) is 0 Å². The Balaban J connectivity index is 1.83. The van der Waals surface area contributed by atoms with Crippen molar-refractivity contribution in [2.75, 3.05) is 33.4 Å². The summed E-state index contributed by atoms with van der Waals surface area (Å²) in [7, 11) is 1.64. The number of ether oxygens (including phenoxy) is 2. The van der Waals surface area contributed by atoms with Crippen LogP contribution in [-0.2, 0) is 9.47 Å². The largest absolute Gasteiger partial charge is 0.477 e. The van der Waals surface area contributed by atoms with Crippen LogP contribution in [0.3, 0.4) is 0 Å². The number of carboxylic acid groups (broad SMARTS) is 1. The number of carboxylic acids is 1. The molecule has 1 aromatic heterocycles. The van der Waals surface area contributed by atoms with Gasteiger partial charge in [0.1, 0.15) is 4.88 Å². The summed E-state index contributed by atoms with van der Waals surface area (Å²) in [5.74, 6) is -1.09. The Morgan fingerprint density at radius 1 is 1.29 bits per heavy atom. The number of hydrogen-bond donors (Lipinski definition) is 1. The molecular formula is C14H19NO5S. The summed E-state index contributed by atoms with van der Waals surface area (Å²) in [6, 6.07) is 3.05. The van der Waals surface area contributed by atoms with Crippen molar-refractivity contribution < 1.29 is 24.2 Å². The summed E-state index contributed by atoms with van der Waals surface area (Å²) >= 11 is 1.02. The number of amides is 1. The maximum absolute atomic E-state index is 12.3. The van der Waals surface area contributed by atoms with Gasteiger partial charge in [0.15, 0.2) is 0 Å². The van der Waals surface area contributed by atoms with Crippen molar-refractivity contribution in [1.82, 2.24) is 4.90 Å². The molecule has 6 nitrogen and oxygen atoms in total. The average molecular weight is 313 g/mol. The first-order valence-electron chi connectivity index (χ1n) is 6.84. The molecule has 0 atom stereocenters. The minimum atomic E-state index is -0.996. The Labute approximate surface area is 127 Å². The van der Waals surface area contributed by atoms with Crippen LogP contribution in [0.4, 0.5) is 0 Å². The third-order valence-electron chi connectivity index (χ3n) is 3.40. The topological polar surface area (TPSA) is 76.1 Å². The highest BCUT2D eigenvalue weighted by Gasteiger charge is 2.25. The molecule has 0 unspecified atom stereocenters. The maximum atomic E-state index is 12.3. The van der Waals surface area contributed by atoms with Crippen molar-refractivity contribution in [2.24, 2.45) is 0 Å². The summed E-state index contributed by atoms with van der Waals surface area (Å²) in [5, 5.41) is 8.89. The van der Waals surface area contributed by atoms with Gasteiger partial charge in [0.25, 0.3) is 5.91 Å². The quantitative estimate of drug-likeness (QED) is 0.809. The minimum absolute atomic E-state index is 0.0946. The number of carbonyl (C=O) groups is 2. The van der Waals surface area contributed by atoms with E-state index in [4.69, 9.17) is 14.6 Å². The SMILES string of the molecule is COCCOC1CCN(C(=O)c2ccc(C(=O)O)s2)CC1. The van der Waals surface area contributed by atoms with E-state index in [9.17, 15) is 9.59 Å². The van der Waals surface area contributed by atoms with Gasteiger partial charge >= 0.3 is 5.97 Å². The van der Waals surface area contributed by atoms with Crippen LogP contribution >= 0.6 is 11.3 Å². The monoisotopic (exact) mass is 313 g/mol. The van der Waals surface area contributed by atoms with Crippen molar-refractivity contribution in [1.29, 1.82) is 0 Å². The Bertz CT molecular complexity index is 493. The number of piperidine rings is 1.